The van der Waals surface area contributed by atoms with Gasteiger partial charge in [-0.1, -0.05) is 36.4 Å². The minimum absolute atomic E-state index is 0.0715. The Morgan fingerprint density at radius 2 is 1.68 bits per heavy atom. The van der Waals surface area contributed by atoms with Gasteiger partial charge in [-0.2, -0.15) is 0 Å². The van der Waals surface area contributed by atoms with Crippen LogP contribution in [0.1, 0.15) is 11.1 Å². The van der Waals surface area contributed by atoms with Crippen molar-refractivity contribution in [1.82, 2.24) is 4.90 Å². The van der Waals surface area contributed by atoms with Crippen molar-refractivity contribution in [2.24, 2.45) is 0 Å². The SMILES string of the molecule is O=CN1CCN(c2cccc3c2C(=Cc2ccccc2)C(=O)N3)CC1. The third-order valence-electron chi connectivity index (χ3n) is 4.72. The van der Waals surface area contributed by atoms with Crippen LogP contribution in [-0.2, 0) is 9.59 Å². The van der Waals surface area contributed by atoms with Gasteiger partial charge >= 0.3 is 0 Å². The van der Waals surface area contributed by atoms with Gasteiger partial charge in [-0.25, -0.2) is 0 Å². The quantitative estimate of drug-likeness (QED) is 0.693. The molecule has 1 N–H and O–H groups in total. The summed E-state index contributed by atoms with van der Waals surface area (Å²) in [6.45, 7) is 2.93. The second-order valence-corrected chi connectivity index (χ2v) is 6.25. The van der Waals surface area contributed by atoms with E-state index < -0.39 is 0 Å². The molecule has 5 nitrogen and oxygen atoms in total. The molecule has 1 fully saturated rings. The Bertz CT molecular complexity index is 837. The normalized spacial score (nSPS) is 18.2. The Morgan fingerprint density at radius 1 is 0.920 bits per heavy atom. The lowest BCUT2D eigenvalue weighted by atomic mass is 10.0. The van der Waals surface area contributed by atoms with Gasteiger partial charge in [-0.05, 0) is 23.8 Å². The van der Waals surface area contributed by atoms with Gasteiger partial charge in [0.25, 0.3) is 5.91 Å². The summed E-state index contributed by atoms with van der Waals surface area (Å²) in [6.07, 6.45) is 2.84. The van der Waals surface area contributed by atoms with Crippen molar-refractivity contribution in [3.05, 3.63) is 59.7 Å². The van der Waals surface area contributed by atoms with E-state index in [1.54, 1.807) is 4.90 Å². The Morgan fingerprint density at radius 3 is 2.40 bits per heavy atom. The fraction of sp³-hybridized carbons (Fsp3) is 0.200. The molecule has 4 rings (SSSR count). The average molecular weight is 333 g/mol. The van der Waals surface area contributed by atoms with Crippen molar-refractivity contribution >= 4 is 35.3 Å². The first-order valence-corrected chi connectivity index (χ1v) is 8.42. The highest BCUT2D eigenvalue weighted by molar-refractivity contribution is 6.36. The second-order valence-electron chi connectivity index (χ2n) is 6.25. The van der Waals surface area contributed by atoms with Crippen LogP contribution in [0.2, 0.25) is 0 Å². The summed E-state index contributed by atoms with van der Waals surface area (Å²) >= 11 is 0. The molecule has 1 saturated heterocycles. The molecule has 0 aliphatic carbocycles. The molecule has 126 valence electrons. The number of carbonyl (C=O) groups is 2. The molecule has 2 heterocycles. The molecule has 2 aliphatic rings. The Balaban J connectivity index is 1.73. The fourth-order valence-corrected chi connectivity index (χ4v) is 3.42. The van der Waals surface area contributed by atoms with E-state index in [9.17, 15) is 9.59 Å². The molecular formula is C20H19N3O2. The molecular weight excluding hydrogens is 314 g/mol. The number of amides is 2. The van der Waals surface area contributed by atoms with Gasteiger partial charge < -0.3 is 15.1 Å². The highest BCUT2D eigenvalue weighted by Gasteiger charge is 2.29. The topological polar surface area (TPSA) is 52.7 Å². The van der Waals surface area contributed by atoms with Crippen molar-refractivity contribution in [3.8, 4) is 0 Å². The zero-order valence-corrected chi connectivity index (χ0v) is 13.8. The van der Waals surface area contributed by atoms with Crippen molar-refractivity contribution in [1.29, 1.82) is 0 Å². The number of carbonyl (C=O) groups excluding carboxylic acids is 2. The predicted molar refractivity (Wildman–Crippen MR) is 99.2 cm³/mol. The van der Waals surface area contributed by atoms with E-state index in [1.165, 1.54) is 0 Å². The molecule has 2 amide bonds. The van der Waals surface area contributed by atoms with Crippen molar-refractivity contribution in [2.75, 3.05) is 36.4 Å². The number of nitrogens with zero attached hydrogens (tertiary/aromatic N) is 2. The number of nitrogens with one attached hydrogen (secondary N) is 1. The summed E-state index contributed by atoms with van der Waals surface area (Å²) in [6, 6.07) is 15.8. The Kier molecular flexibility index (Phi) is 3.98. The molecule has 5 heteroatoms. The zero-order chi connectivity index (χ0) is 17.2. The van der Waals surface area contributed by atoms with E-state index in [2.05, 4.69) is 16.3 Å². The maximum absolute atomic E-state index is 12.5. The van der Waals surface area contributed by atoms with Crippen LogP contribution in [0.15, 0.2) is 48.5 Å². The Labute approximate surface area is 146 Å². The van der Waals surface area contributed by atoms with Crippen molar-refractivity contribution < 1.29 is 9.59 Å². The van der Waals surface area contributed by atoms with Crippen LogP contribution in [0.5, 0.6) is 0 Å². The van der Waals surface area contributed by atoms with Crippen LogP contribution in [0.3, 0.4) is 0 Å². The van der Waals surface area contributed by atoms with Crippen LogP contribution in [0, 0.1) is 0 Å². The first kappa shape index (κ1) is 15.4. The summed E-state index contributed by atoms with van der Waals surface area (Å²) in [5, 5.41) is 2.97. The molecule has 0 atom stereocenters. The van der Waals surface area contributed by atoms with E-state index in [1.807, 2.05) is 48.5 Å². The van der Waals surface area contributed by atoms with E-state index in [4.69, 9.17) is 0 Å². The number of hydrogen-bond donors (Lipinski definition) is 1. The summed E-state index contributed by atoms with van der Waals surface area (Å²) in [4.78, 5) is 27.5. The molecule has 0 aromatic heterocycles. The van der Waals surface area contributed by atoms with Crippen LogP contribution < -0.4 is 10.2 Å². The van der Waals surface area contributed by atoms with E-state index >= 15 is 0 Å². The first-order valence-electron chi connectivity index (χ1n) is 8.42. The summed E-state index contributed by atoms with van der Waals surface area (Å²) < 4.78 is 0. The first-order chi connectivity index (χ1) is 12.3. The Hall–Kier alpha value is -3.08. The molecule has 0 saturated carbocycles. The van der Waals surface area contributed by atoms with Gasteiger partial charge in [0.2, 0.25) is 6.41 Å². The highest BCUT2D eigenvalue weighted by Crippen LogP contribution is 2.40. The molecule has 2 aliphatic heterocycles. The van der Waals surface area contributed by atoms with Gasteiger partial charge in [-0.3, -0.25) is 9.59 Å². The minimum Gasteiger partial charge on any atom is -0.367 e. The fourth-order valence-electron chi connectivity index (χ4n) is 3.42. The molecule has 2 aromatic rings. The largest absolute Gasteiger partial charge is 0.367 e. The monoisotopic (exact) mass is 333 g/mol. The van der Waals surface area contributed by atoms with Gasteiger partial charge in [0.1, 0.15) is 0 Å². The van der Waals surface area contributed by atoms with Crippen LogP contribution in [-0.4, -0.2) is 43.4 Å². The van der Waals surface area contributed by atoms with Crippen molar-refractivity contribution in [3.63, 3.8) is 0 Å². The van der Waals surface area contributed by atoms with Crippen LogP contribution >= 0.6 is 0 Å². The standard InChI is InChI=1S/C20H19N3O2/c24-14-22-9-11-23(12-10-22)18-8-4-7-17-19(18)16(20(25)21-17)13-15-5-2-1-3-6-15/h1-8,13-14H,9-12H2,(H,21,25). The lowest BCUT2D eigenvalue weighted by Gasteiger charge is -2.35. The number of piperazine rings is 1. The molecule has 0 spiro atoms. The van der Waals surface area contributed by atoms with Crippen LogP contribution in [0.4, 0.5) is 11.4 Å². The minimum atomic E-state index is -0.0715. The third kappa shape index (κ3) is 2.89. The summed E-state index contributed by atoms with van der Waals surface area (Å²) in [5.41, 5.74) is 4.54. The van der Waals surface area contributed by atoms with E-state index in [0.717, 1.165) is 42.0 Å². The van der Waals surface area contributed by atoms with Gasteiger partial charge in [0.05, 0.1) is 11.3 Å². The average Bonchev–Trinajstić information content (AvgIpc) is 2.98. The predicted octanol–water partition coefficient (Wildman–Crippen LogP) is 2.46. The number of fused-ring (bicyclic) bond motifs is 1. The number of anilines is 2. The number of benzene rings is 2. The highest BCUT2D eigenvalue weighted by atomic mass is 16.2. The smallest absolute Gasteiger partial charge is 0.256 e. The van der Waals surface area contributed by atoms with E-state index in [-0.39, 0.29) is 5.91 Å². The molecule has 0 bridgehead atoms. The summed E-state index contributed by atoms with van der Waals surface area (Å²) in [7, 11) is 0. The molecule has 2 aromatic carbocycles. The number of rotatable bonds is 3. The van der Waals surface area contributed by atoms with E-state index in [0.29, 0.717) is 18.7 Å². The summed E-state index contributed by atoms with van der Waals surface area (Å²) in [5.74, 6) is -0.0715. The third-order valence-corrected chi connectivity index (χ3v) is 4.72. The number of hydrogen-bond acceptors (Lipinski definition) is 3. The zero-order valence-electron chi connectivity index (χ0n) is 13.8. The lowest BCUT2D eigenvalue weighted by Crippen LogP contribution is -2.45. The second kappa shape index (κ2) is 6.43. The maximum atomic E-state index is 12.5. The van der Waals surface area contributed by atoms with Gasteiger partial charge in [0.15, 0.2) is 0 Å². The van der Waals surface area contributed by atoms with Gasteiger partial charge in [0, 0.05) is 37.4 Å². The molecule has 25 heavy (non-hydrogen) atoms. The van der Waals surface area contributed by atoms with Gasteiger partial charge in [-0.15, -0.1) is 0 Å². The molecule has 0 unspecified atom stereocenters. The molecule has 0 radical (unpaired) electrons. The lowest BCUT2D eigenvalue weighted by molar-refractivity contribution is -0.118. The van der Waals surface area contributed by atoms with Crippen LogP contribution in [0.25, 0.3) is 11.6 Å². The van der Waals surface area contributed by atoms with Crippen molar-refractivity contribution in [2.45, 2.75) is 0 Å². The maximum Gasteiger partial charge on any atom is 0.256 e.